The van der Waals surface area contributed by atoms with Gasteiger partial charge in [-0.15, -0.1) is 0 Å². The van der Waals surface area contributed by atoms with Gasteiger partial charge in [-0.25, -0.2) is 14.8 Å². The van der Waals surface area contributed by atoms with E-state index in [1.807, 2.05) is 58.5 Å². The molecular formula is C27H29N9O2. The molecule has 0 saturated carbocycles. The summed E-state index contributed by atoms with van der Waals surface area (Å²) >= 11 is 0. The molecule has 2 aliphatic heterocycles. The molecule has 194 valence electrons. The van der Waals surface area contributed by atoms with Crippen LogP contribution in [0.2, 0.25) is 0 Å². The predicted molar refractivity (Wildman–Crippen MR) is 141 cm³/mol. The number of benzene rings is 1. The summed E-state index contributed by atoms with van der Waals surface area (Å²) < 4.78 is 7.29. The van der Waals surface area contributed by atoms with Gasteiger partial charge in [0.25, 0.3) is 0 Å². The summed E-state index contributed by atoms with van der Waals surface area (Å²) in [6.07, 6.45) is 9.36. The minimum Gasteiger partial charge on any atom is -0.495 e. The molecule has 11 nitrogen and oxygen atoms in total. The Morgan fingerprint density at radius 2 is 2.05 bits per heavy atom. The van der Waals surface area contributed by atoms with Gasteiger partial charge in [0.05, 0.1) is 37.2 Å². The zero-order valence-corrected chi connectivity index (χ0v) is 21.2. The van der Waals surface area contributed by atoms with Crippen LogP contribution >= 0.6 is 0 Å². The van der Waals surface area contributed by atoms with E-state index in [9.17, 15) is 10.1 Å². The number of carbonyl (C=O) groups is 1. The summed E-state index contributed by atoms with van der Waals surface area (Å²) in [6.45, 7) is 2.87. The van der Waals surface area contributed by atoms with Gasteiger partial charge in [-0.05, 0) is 31.0 Å². The average Bonchev–Trinajstić information content (AvgIpc) is 3.61. The van der Waals surface area contributed by atoms with Crippen LogP contribution < -0.4 is 10.1 Å². The van der Waals surface area contributed by atoms with Gasteiger partial charge >= 0.3 is 6.03 Å². The van der Waals surface area contributed by atoms with Gasteiger partial charge in [0, 0.05) is 55.6 Å². The molecule has 2 aliphatic rings. The number of para-hydroxylation sites is 2. The molecule has 0 aliphatic carbocycles. The van der Waals surface area contributed by atoms with Crippen LogP contribution in [0.3, 0.4) is 0 Å². The number of ether oxygens (including phenoxy) is 1. The first-order valence-electron chi connectivity index (χ1n) is 12.7. The first-order valence-corrected chi connectivity index (χ1v) is 12.7. The molecule has 0 atom stereocenters. The van der Waals surface area contributed by atoms with E-state index in [0.717, 1.165) is 48.2 Å². The number of anilines is 1. The van der Waals surface area contributed by atoms with Crippen LogP contribution in [0.5, 0.6) is 5.75 Å². The number of amides is 2. The van der Waals surface area contributed by atoms with Crippen LogP contribution in [0.1, 0.15) is 19.3 Å². The third-order valence-corrected chi connectivity index (χ3v) is 7.72. The fourth-order valence-corrected chi connectivity index (χ4v) is 5.64. The lowest BCUT2D eigenvalue weighted by Crippen LogP contribution is -2.66. The van der Waals surface area contributed by atoms with E-state index in [0.29, 0.717) is 37.0 Å². The highest BCUT2D eigenvalue weighted by molar-refractivity contribution is 5.91. The molecule has 0 bridgehead atoms. The molecule has 5 heterocycles. The summed E-state index contributed by atoms with van der Waals surface area (Å²) in [7, 11) is 1.59. The molecule has 2 fully saturated rings. The Bertz CT molecular complexity index is 1490. The van der Waals surface area contributed by atoms with Crippen LogP contribution in [0, 0.1) is 11.3 Å². The number of nitrogens with one attached hydrogen (secondary N) is 2. The van der Waals surface area contributed by atoms with E-state index in [2.05, 4.69) is 36.3 Å². The SMILES string of the molecule is COc1ccccc1NC(=O)N1CCC(N2CC(CC#N)(n3cc(-c4ncnc5[nH]ccc45)cn3)C2)CC1. The molecule has 0 unspecified atom stereocenters. The smallest absolute Gasteiger partial charge is 0.321 e. The van der Waals surface area contributed by atoms with E-state index < -0.39 is 0 Å². The summed E-state index contributed by atoms with van der Waals surface area (Å²) in [5.41, 5.74) is 2.82. The fourth-order valence-electron chi connectivity index (χ4n) is 5.64. The number of rotatable bonds is 6. The van der Waals surface area contributed by atoms with Crippen molar-refractivity contribution in [3.8, 4) is 23.1 Å². The van der Waals surface area contributed by atoms with Gasteiger partial charge in [-0.2, -0.15) is 10.4 Å². The molecule has 4 aromatic rings. The molecule has 1 aromatic carbocycles. The molecule has 11 heteroatoms. The summed E-state index contributed by atoms with van der Waals surface area (Å²) in [6, 6.07) is 12.0. The number of aromatic amines is 1. The van der Waals surface area contributed by atoms with Gasteiger partial charge in [0.15, 0.2) is 0 Å². The number of carbonyl (C=O) groups excluding carboxylic acids is 1. The second-order valence-electron chi connectivity index (χ2n) is 9.95. The van der Waals surface area contributed by atoms with Crippen LogP contribution in [-0.2, 0) is 5.54 Å². The monoisotopic (exact) mass is 511 g/mol. The topological polar surface area (TPSA) is 128 Å². The van der Waals surface area contributed by atoms with Crippen molar-refractivity contribution in [3.05, 3.63) is 55.2 Å². The first-order chi connectivity index (χ1) is 18.6. The van der Waals surface area contributed by atoms with Gasteiger partial charge in [-0.1, -0.05) is 12.1 Å². The first kappa shape index (κ1) is 23.9. The number of nitriles is 1. The van der Waals surface area contributed by atoms with Crippen molar-refractivity contribution in [2.24, 2.45) is 0 Å². The van der Waals surface area contributed by atoms with Crippen LogP contribution in [0.15, 0.2) is 55.2 Å². The molecule has 0 spiro atoms. The lowest BCUT2D eigenvalue weighted by atomic mass is 9.84. The van der Waals surface area contributed by atoms with Crippen molar-refractivity contribution < 1.29 is 9.53 Å². The molecule has 38 heavy (non-hydrogen) atoms. The number of piperidine rings is 1. The Balaban J connectivity index is 1.09. The number of likely N-dealkylation sites (tertiary alicyclic amines) is 2. The molecular weight excluding hydrogens is 482 g/mol. The van der Waals surface area contributed by atoms with E-state index >= 15 is 0 Å². The lowest BCUT2D eigenvalue weighted by molar-refractivity contribution is -0.0399. The summed E-state index contributed by atoms with van der Waals surface area (Å²) in [5, 5.41) is 18.2. The summed E-state index contributed by atoms with van der Waals surface area (Å²) in [4.78, 5) is 29.0. The number of aromatic nitrogens is 5. The highest BCUT2D eigenvalue weighted by Crippen LogP contribution is 2.37. The van der Waals surface area contributed by atoms with Gasteiger partial charge in [0.1, 0.15) is 23.3 Å². The van der Waals surface area contributed by atoms with Gasteiger partial charge < -0.3 is 19.9 Å². The molecule has 6 rings (SSSR count). The van der Waals surface area contributed by atoms with Gasteiger partial charge in [-0.3, -0.25) is 9.58 Å². The van der Waals surface area contributed by atoms with Gasteiger partial charge in [0.2, 0.25) is 0 Å². The van der Waals surface area contributed by atoms with Crippen molar-refractivity contribution in [1.29, 1.82) is 5.26 Å². The third-order valence-electron chi connectivity index (χ3n) is 7.72. The number of hydrogen-bond donors (Lipinski definition) is 2. The maximum atomic E-state index is 12.8. The second-order valence-corrected chi connectivity index (χ2v) is 9.95. The number of urea groups is 1. The molecule has 2 N–H and O–H groups in total. The van der Waals surface area contributed by atoms with Crippen molar-refractivity contribution in [2.45, 2.75) is 30.8 Å². The number of nitrogens with zero attached hydrogens (tertiary/aromatic N) is 7. The largest absolute Gasteiger partial charge is 0.495 e. The van der Waals surface area contributed by atoms with Crippen molar-refractivity contribution >= 4 is 22.8 Å². The quantitative estimate of drug-likeness (QED) is 0.406. The maximum absolute atomic E-state index is 12.8. The normalized spacial score (nSPS) is 17.6. The minimum absolute atomic E-state index is 0.110. The van der Waals surface area contributed by atoms with Crippen molar-refractivity contribution in [1.82, 2.24) is 34.5 Å². The molecule has 0 radical (unpaired) electrons. The Kier molecular flexibility index (Phi) is 6.17. The van der Waals surface area contributed by atoms with Crippen LogP contribution in [0.25, 0.3) is 22.3 Å². The van der Waals surface area contributed by atoms with Crippen LogP contribution in [0.4, 0.5) is 10.5 Å². The Morgan fingerprint density at radius 3 is 2.84 bits per heavy atom. The number of hydrogen-bond acceptors (Lipinski definition) is 7. The second kappa shape index (κ2) is 9.79. The van der Waals surface area contributed by atoms with E-state index in [1.54, 1.807) is 13.4 Å². The highest BCUT2D eigenvalue weighted by atomic mass is 16.5. The standard InChI is InChI=1S/C27H29N9O2/c1-38-23-5-3-2-4-22(23)33-26(37)34-12-7-20(8-13-34)35-16-27(17-35,9-10-28)36-15-19(14-32-36)24-21-6-11-29-25(21)31-18-30-24/h2-6,11,14-15,18,20H,7-9,12-13,16-17H2,1H3,(H,33,37)(H,29,30,31). The zero-order chi connectivity index (χ0) is 26.1. The van der Waals surface area contributed by atoms with E-state index in [4.69, 9.17) is 4.74 Å². The van der Waals surface area contributed by atoms with Crippen molar-refractivity contribution in [3.63, 3.8) is 0 Å². The van der Waals surface area contributed by atoms with E-state index in [-0.39, 0.29) is 11.6 Å². The van der Waals surface area contributed by atoms with Crippen molar-refractivity contribution in [2.75, 3.05) is 38.6 Å². The highest BCUT2D eigenvalue weighted by Gasteiger charge is 2.48. The number of methoxy groups -OCH3 is 1. The minimum atomic E-state index is -0.365. The molecule has 2 saturated heterocycles. The zero-order valence-electron chi connectivity index (χ0n) is 21.2. The number of H-pyrrole nitrogens is 1. The third kappa shape index (κ3) is 4.22. The molecule has 2 amide bonds. The lowest BCUT2D eigenvalue weighted by Gasteiger charge is -2.53. The molecule has 3 aromatic heterocycles. The predicted octanol–water partition coefficient (Wildman–Crippen LogP) is 3.45. The Morgan fingerprint density at radius 1 is 1.24 bits per heavy atom. The van der Waals surface area contributed by atoms with Crippen LogP contribution in [-0.4, -0.2) is 79.9 Å². The number of fused-ring (bicyclic) bond motifs is 1. The maximum Gasteiger partial charge on any atom is 0.321 e. The Hall–Kier alpha value is -4.43. The average molecular weight is 512 g/mol. The Labute approximate surface area is 220 Å². The fraction of sp³-hybridized carbons (Fsp3) is 0.370. The summed E-state index contributed by atoms with van der Waals surface area (Å²) in [5.74, 6) is 0.643. The van der Waals surface area contributed by atoms with E-state index in [1.165, 1.54) is 0 Å².